The van der Waals surface area contributed by atoms with E-state index in [1.165, 1.54) is 6.33 Å². The number of fused-ring (bicyclic) bond motifs is 1. The lowest BCUT2D eigenvalue weighted by Crippen LogP contribution is -2.40. The maximum atomic E-state index is 13.3. The van der Waals surface area contributed by atoms with Crippen molar-refractivity contribution in [2.24, 2.45) is 0 Å². The van der Waals surface area contributed by atoms with Crippen LogP contribution in [0.3, 0.4) is 0 Å². The van der Waals surface area contributed by atoms with Crippen molar-refractivity contribution in [3.8, 4) is 5.69 Å². The molecule has 1 fully saturated rings. The monoisotopic (exact) mass is 421 g/mol. The van der Waals surface area contributed by atoms with Gasteiger partial charge in [0.2, 0.25) is 0 Å². The number of para-hydroxylation sites is 1. The number of nitrogens with one attached hydrogen (secondary N) is 2. The molecule has 160 valence electrons. The van der Waals surface area contributed by atoms with Crippen molar-refractivity contribution in [2.45, 2.75) is 31.8 Å². The van der Waals surface area contributed by atoms with Gasteiger partial charge in [-0.05, 0) is 31.4 Å². The molecule has 0 unspecified atom stereocenters. The van der Waals surface area contributed by atoms with Gasteiger partial charge in [0.05, 0.1) is 23.5 Å². The first-order valence-corrected chi connectivity index (χ1v) is 10.4. The average molecular weight is 421 g/mol. The molecule has 2 aromatic heterocycles. The Balaban J connectivity index is 1.32. The quantitative estimate of drug-likeness (QED) is 0.651. The van der Waals surface area contributed by atoms with Gasteiger partial charge in [0.1, 0.15) is 12.7 Å². The first-order chi connectivity index (χ1) is 15.2. The molecule has 0 radical (unpaired) electrons. The third-order valence-electron chi connectivity index (χ3n) is 5.79. The van der Waals surface area contributed by atoms with Crippen LogP contribution in [-0.2, 0) is 17.7 Å². The van der Waals surface area contributed by atoms with Crippen molar-refractivity contribution >= 4 is 11.8 Å². The molecule has 0 spiro atoms. The lowest BCUT2D eigenvalue weighted by atomic mass is 10.0. The summed E-state index contributed by atoms with van der Waals surface area (Å²) in [6.07, 6.45) is 5.20. The minimum Gasteiger partial charge on any atom is -0.381 e. The van der Waals surface area contributed by atoms with Crippen molar-refractivity contribution < 1.29 is 14.3 Å². The average Bonchev–Trinajstić information content (AvgIpc) is 3.49. The number of benzene rings is 1. The van der Waals surface area contributed by atoms with Gasteiger partial charge in [-0.3, -0.25) is 14.7 Å². The number of ether oxygens (including phenoxy) is 1. The molecule has 0 aliphatic carbocycles. The molecule has 2 N–H and O–H groups in total. The Morgan fingerprint density at radius 1 is 1.19 bits per heavy atom. The minimum absolute atomic E-state index is 0.0976. The molecule has 0 saturated carbocycles. The van der Waals surface area contributed by atoms with Crippen LogP contribution < -0.4 is 5.32 Å². The fourth-order valence-electron chi connectivity index (χ4n) is 4.13. The predicted octanol–water partition coefficient (Wildman–Crippen LogP) is 1.10. The SMILES string of the molecule is O=C(NC1CCOCC1)c1n[nH]c2c1CCN(C(=O)c1ccccc1-n1cncn1)C2. The summed E-state index contributed by atoms with van der Waals surface area (Å²) in [5, 5.41) is 14.4. The Morgan fingerprint density at radius 2 is 2.03 bits per heavy atom. The van der Waals surface area contributed by atoms with E-state index in [0.717, 1.165) is 24.1 Å². The van der Waals surface area contributed by atoms with E-state index in [1.54, 1.807) is 22.0 Å². The van der Waals surface area contributed by atoms with Crippen LogP contribution in [0.2, 0.25) is 0 Å². The number of nitrogens with zero attached hydrogens (tertiary/aromatic N) is 5. The summed E-state index contributed by atoms with van der Waals surface area (Å²) in [6.45, 7) is 2.21. The zero-order chi connectivity index (χ0) is 21.2. The van der Waals surface area contributed by atoms with E-state index in [9.17, 15) is 9.59 Å². The van der Waals surface area contributed by atoms with Gasteiger partial charge in [-0.15, -0.1) is 0 Å². The van der Waals surface area contributed by atoms with Gasteiger partial charge in [-0.1, -0.05) is 12.1 Å². The third-order valence-corrected chi connectivity index (χ3v) is 5.79. The fourth-order valence-corrected chi connectivity index (χ4v) is 4.13. The molecule has 5 rings (SSSR count). The zero-order valence-corrected chi connectivity index (χ0v) is 17.0. The van der Waals surface area contributed by atoms with Crippen LogP contribution in [0.5, 0.6) is 0 Å². The summed E-state index contributed by atoms with van der Waals surface area (Å²) in [4.78, 5) is 31.7. The normalized spacial score (nSPS) is 16.7. The number of carbonyl (C=O) groups is 2. The molecule has 3 aromatic rings. The Labute approximate surface area is 178 Å². The van der Waals surface area contributed by atoms with Crippen molar-refractivity contribution in [1.29, 1.82) is 0 Å². The smallest absolute Gasteiger partial charge is 0.272 e. The number of amides is 2. The van der Waals surface area contributed by atoms with Crippen molar-refractivity contribution in [3.63, 3.8) is 0 Å². The molecule has 31 heavy (non-hydrogen) atoms. The van der Waals surface area contributed by atoms with Gasteiger partial charge in [-0.2, -0.15) is 10.2 Å². The second-order valence-electron chi connectivity index (χ2n) is 7.72. The van der Waals surface area contributed by atoms with Gasteiger partial charge in [-0.25, -0.2) is 9.67 Å². The van der Waals surface area contributed by atoms with Crippen LogP contribution in [0.1, 0.15) is 44.9 Å². The van der Waals surface area contributed by atoms with E-state index in [2.05, 4.69) is 25.6 Å². The second kappa shape index (κ2) is 8.31. The summed E-state index contributed by atoms with van der Waals surface area (Å²) < 4.78 is 6.93. The summed E-state index contributed by atoms with van der Waals surface area (Å²) >= 11 is 0. The van der Waals surface area contributed by atoms with Crippen molar-refractivity contribution in [1.82, 2.24) is 35.2 Å². The van der Waals surface area contributed by atoms with E-state index < -0.39 is 0 Å². The van der Waals surface area contributed by atoms with Crippen LogP contribution in [-0.4, -0.2) is 67.5 Å². The van der Waals surface area contributed by atoms with E-state index in [4.69, 9.17) is 4.74 Å². The highest BCUT2D eigenvalue weighted by molar-refractivity contribution is 5.98. The topological polar surface area (TPSA) is 118 Å². The Morgan fingerprint density at radius 3 is 2.84 bits per heavy atom. The van der Waals surface area contributed by atoms with Crippen LogP contribution in [0.25, 0.3) is 5.69 Å². The molecule has 4 heterocycles. The lowest BCUT2D eigenvalue weighted by molar-refractivity contribution is 0.0693. The first-order valence-electron chi connectivity index (χ1n) is 10.4. The molecule has 10 nitrogen and oxygen atoms in total. The van der Waals surface area contributed by atoms with Crippen LogP contribution >= 0.6 is 0 Å². The number of H-pyrrole nitrogens is 1. The highest BCUT2D eigenvalue weighted by Crippen LogP contribution is 2.24. The summed E-state index contributed by atoms with van der Waals surface area (Å²) in [5.74, 6) is -0.264. The molecule has 0 bridgehead atoms. The van der Waals surface area contributed by atoms with E-state index in [0.29, 0.717) is 49.7 Å². The van der Waals surface area contributed by atoms with Gasteiger partial charge in [0.15, 0.2) is 5.69 Å². The van der Waals surface area contributed by atoms with Crippen LogP contribution in [0, 0.1) is 0 Å². The lowest BCUT2D eigenvalue weighted by Gasteiger charge is -2.28. The fraction of sp³-hybridized carbons (Fsp3) is 0.381. The minimum atomic E-state index is -0.166. The van der Waals surface area contributed by atoms with Crippen LogP contribution in [0.15, 0.2) is 36.9 Å². The highest BCUT2D eigenvalue weighted by Gasteiger charge is 2.30. The Kier molecular flexibility index (Phi) is 5.21. The summed E-state index contributed by atoms with van der Waals surface area (Å²) in [7, 11) is 0. The number of aromatic amines is 1. The Bertz CT molecular complexity index is 1090. The molecule has 2 aliphatic rings. The molecule has 2 aliphatic heterocycles. The van der Waals surface area contributed by atoms with E-state index >= 15 is 0 Å². The van der Waals surface area contributed by atoms with Gasteiger partial charge in [0, 0.05) is 31.4 Å². The zero-order valence-electron chi connectivity index (χ0n) is 17.0. The number of rotatable bonds is 4. The Hall–Kier alpha value is -3.53. The molecule has 10 heteroatoms. The van der Waals surface area contributed by atoms with Gasteiger partial charge < -0.3 is 15.0 Å². The van der Waals surface area contributed by atoms with Gasteiger partial charge in [0.25, 0.3) is 11.8 Å². The van der Waals surface area contributed by atoms with E-state index in [-0.39, 0.29) is 17.9 Å². The molecular formula is C21H23N7O3. The number of hydrogen-bond donors (Lipinski definition) is 2. The maximum Gasteiger partial charge on any atom is 0.272 e. The first kappa shape index (κ1) is 19.4. The van der Waals surface area contributed by atoms with Crippen molar-refractivity contribution in [3.05, 3.63) is 59.4 Å². The number of hydrogen-bond acceptors (Lipinski definition) is 6. The van der Waals surface area contributed by atoms with Crippen molar-refractivity contribution in [2.75, 3.05) is 19.8 Å². The molecule has 0 atom stereocenters. The molecule has 1 saturated heterocycles. The largest absolute Gasteiger partial charge is 0.381 e. The van der Waals surface area contributed by atoms with Crippen LogP contribution in [0.4, 0.5) is 0 Å². The third kappa shape index (κ3) is 3.81. The maximum absolute atomic E-state index is 13.3. The molecular weight excluding hydrogens is 398 g/mol. The predicted molar refractivity (Wildman–Crippen MR) is 110 cm³/mol. The number of carbonyl (C=O) groups excluding carboxylic acids is 2. The molecule has 2 amide bonds. The van der Waals surface area contributed by atoms with Gasteiger partial charge >= 0.3 is 0 Å². The summed E-state index contributed by atoms with van der Waals surface area (Å²) in [5.41, 5.74) is 3.34. The molecule has 1 aromatic carbocycles. The van der Waals surface area contributed by atoms with E-state index in [1.807, 2.05) is 18.2 Å². The summed E-state index contributed by atoms with van der Waals surface area (Å²) in [6, 6.07) is 7.43. The highest BCUT2D eigenvalue weighted by atomic mass is 16.5. The standard InChI is InChI=1S/C21H23N7O3/c29-20(24-14-6-9-31-10-7-14)19-15-5-8-27(11-17(15)25-26-19)21(30)16-3-1-2-4-18(16)28-13-22-12-23-28/h1-4,12-14H,5-11H2,(H,24,29)(H,25,26). The second-order valence-corrected chi connectivity index (χ2v) is 7.72. The number of aromatic nitrogens is 5.